The van der Waals surface area contributed by atoms with Gasteiger partial charge < -0.3 is 14.8 Å². The van der Waals surface area contributed by atoms with E-state index in [4.69, 9.17) is 21.1 Å². The second-order valence-electron chi connectivity index (χ2n) is 4.84. The summed E-state index contributed by atoms with van der Waals surface area (Å²) in [6.45, 7) is 5.39. The van der Waals surface area contributed by atoms with Crippen LogP contribution in [0.1, 0.15) is 29.8 Å². The molecule has 23 heavy (non-hydrogen) atoms. The van der Waals surface area contributed by atoms with Gasteiger partial charge in [-0.15, -0.1) is 0 Å². The zero-order valence-corrected chi connectivity index (χ0v) is 14.0. The molecule has 0 heterocycles. The third-order valence-corrected chi connectivity index (χ3v) is 3.42. The molecule has 1 N–H and O–H groups in total. The fraction of sp³-hybridized carbons (Fsp3) is 0.278. The van der Waals surface area contributed by atoms with Crippen LogP contribution in [0.2, 0.25) is 5.02 Å². The Balaban J connectivity index is 2.03. The molecule has 0 spiro atoms. The predicted octanol–water partition coefficient (Wildman–Crippen LogP) is 4.07. The van der Waals surface area contributed by atoms with E-state index in [0.717, 1.165) is 5.56 Å². The minimum atomic E-state index is -0.145. The molecule has 0 atom stereocenters. The lowest BCUT2D eigenvalue weighted by molar-refractivity contribution is 0.0951. The monoisotopic (exact) mass is 333 g/mol. The van der Waals surface area contributed by atoms with Crippen LogP contribution in [0.4, 0.5) is 0 Å². The van der Waals surface area contributed by atoms with Crippen LogP contribution >= 0.6 is 11.6 Å². The first-order valence-electron chi connectivity index (χ1n) is 7.56. The van der Waals surface area contributed by atoms with E-state index in [9.17, 15) is 4.79 Å². The van der Waals surface area contributed by atoms with Gasteiger partial charge in [0.2, 0.25) is 0 Å². The molecule has 0 radical (unpaired) electrons. The van der Waals surface area contributed by atoms with E-state index in [1.807, 2.05) is 32.0 Å². The lowest BCUT2D eigenvalue weighted by Gasteiger charge is -2.13. The summed E-state index contributed by atoms with van der Waals surface area (Å²) in [4.78, 5) is 12.1. The Morgan fingerprint density at radius 3 is 2.30 bits per heavy atom. The standard InChI is InChI=1S/C18H20ClNO3/c1-3-22-16-10-5-13(11-17(16)23-4-2)12-20-18(21)14-6-8-15(19)9-7-14/h5-11H,3-4,12H2,1-2H3,(H,20,21). The predicted molar refractivity (Wildman–Crippen MR) is 91.4 cm³/mol. The summed E-state index contributed by atoms with van der Waals surface area (Å²) in [5.41, 5.74) is 1.52. The van der Waals surface area contributed by atoms with Crippen molar-refractivity contribution in [3.8, 4) is 11.5 Å². The summed E-state index contributed by atoms with van der Waals surface area (Å²) in [5, 5.41) is 3.48. The van der Waals surface area contributed by atoms with Gasteiger partial charge in [-0.25, -0.2) is 0 Å². The molecule has 122 valence electrons. The highest BCUT2D eigenvalue weighted by atomic mass is 35.5. The van der Waals surface area contributed by atoms with E-state index in [1.165, 1.54) is 0 Å². The van der Waals surface area contributed by atoms with E-state index in [1.54, 1.807) is 24.3 Å². The fourth-order valence-corrected chi connectivity index (χ4v) is 2.22. The first-order valence-corrected chi connectivity index (χ1v) is 7.94. The van der Waals surface area contributed by atoms with Crippen LogP contribution in [0.15, 0.2) is 42.5 Å². The highest BCUT2D eigenvalue weighted by Gasteiger charge is 2.08. The average Bonchev–Trinajstić information content (AvgIpc) is 2.56. The second kappa shape index (κ2) is 8.44. The molecule has 5 heteroatoms. The van der Waals surface area contributed by atoms with Gasteiger partial charge in [0, 0.05) is 17.1 Å². The Morgan fingerprint density at radius 1 is 1.00 bits per heavy atom. The smallest absolute Gasteiger partial charge is 0.251 e. The Hall–Kier alpha value is -2.20. The zero-order valence-electron chi connectivity index (χ0n) is 13.3. The average molecular weight is 334 g/mol. The number of ether oxygens (including phenoxy) is 2. The quantitative estimate of drug-likeness (QED) is 0.831. The van der Waals surface area contributed by atoms with Crippen LogP contribution in [0.5, 0.6) is 11.5 Å². The van der Waals surface area contributed by atoms with Crippen molar-refractivity contribution in [2.45, 2.75) is 20.4 Å². The summed E-state index contributed by atoms with van der Waals surface area (Å²) < 4.78 is 11.1. The summed E-state index contributed by atoms with van der Waals surface area (Å²) in [6, 6.07) is 12.4. The minimum absolute atomic E-state index is 0.145. The van der Waals surface area contributed by atoms with Crippen LogP contribution in [0.25, 0.3) is 0 Å². The van der Waals surface area contributed by atoms with Crippen molar-refractivity contribution in [2.24, 2.45) is 0 Å². The molecule has 0 unspecified atom stereocenters. The molecule has 0 bridgehead atoms. The molecule has 4 nitrogen and oxygen atoms in total. The van der Waals surface area contributed by atoms with Crippen molar-refractivity contribution in [1.82, 2.24) is 5.32 Å². The van der Waals surface area contributed by atoms with Crippen molar-refractivity contribution < 1.29 is 14.3 Å². The largest absolute Gasteiger partial charge is 0.490 e. The molecule has 0 aliphatic heterocycles. The number of carbonyl (C=O) groups excluding carboxylic acids is 1. The van der Waals surface area contributed by atoms with Crippen LogP contribution in [0, 0.1) is 0 Å². The minimum Gasteiger partial charge on any atom is -0.490 e. The van der Waals surface area contributed by atoms with Gasteiger partial charge in [0.25, 0.3) is 5.91 Å². The number of hydrogen-bond donors (Lipinski definition) is 1. The van der Waals surface area contributed by atoms with Crippen LogP contribution < -0.4 is 14.8 Å². The molecule has 0 aliphatic rings. The Bertz CT molecular complexity index is 656. The number of carbonyl (C=O) groups is 1. The van der Waals surface area contributed by atoms with E-state index in [-0.39, 0.29) is 5.91 Å². The molecule has 2 aromatic carbocycles. The number of hydrogen-bond acceptors (Lipinski definition) is 3. The third-order valence-electron chi connectivity index (χ3n) is 3.17. The van der Waals surface area contributed by atoms with Crippen molar-refractivity contribution in [1.29, 1.82) is 0 Å². The van der Waals surface area contributed by atoms with Crippen LogP contribution in [0.3, 0.4) is 0 Å². The summed E-state index contributed by atoms with van der Waals surface area (Å²) in [7, 11) is 0. The number of nitrogens with one attached hydrogen (secondary N) is 1. The first kappa shape index (κ1) is 17.2. The summed E-state index contributed by atoms with van der Waals surface area (Å²) >= 11 is 5.82. The number of halogens is 1. The number of rotatable bonds is 7. The first-order chi connectivity index (χ1) is 11.1. The molecule has 0 saturated carbocycles. The lowest BCUT2D eigenvalue weighted by atomic mass is 10.1. The maximum Gasteiger partial charge on any atom is 0.251 e. The van der Waals surface area contributed by atoms with E-state index in [0.29, 0.717) is 41.8 Å². The summed E-state index contributed by atoms with van der Waals surface area (Å²) in [5.74, 6) is 1.25. The molecule has 0 saturated heterocycles. The lowest BCUT2D eigenvalue weighted by Crippen LogP contribution is -2.22. The Morgan fingerprint density at radius 2 is 1.65 bits per heavy atom. The molecule has 0 fully saturated rings. The second-order valence-corrected chi connectivity index (χ2v) is 5.27. The van der Waals surface area contributed by atoms with Gasteiger partial charge in [-0.1, -0.05) is 17.7 Å². The molecule has 1 amide bonds. The van der Waals surface area contributed by atoms with Gasteiger partial charge in [0.05, 0.1) is 13.2 Å². The molecule has 0 aliphatic carbocycles. The molecular formula is C18H20ClNO3. The topological polar surface area (TPSA) is 47.6 Å². The molecule has 2 rings (SSSR count). The van der Waals surface area contributed by atoms with Gasteiger partial charge >= 0.3 is 0 Å². The molecular weight excluding hydrogens is 314 g/mol. The molecule has 2 aromatic rings. The number of amides is 1. The van der Waals surface area contributed by atoms with Crippen molar-refractivity contribution in [3.05, 3.63) is 58.6 Å². The molecule has 0 aromatic heterocycles. The third kappa shape index (κ3) is 4.89. The fourth-order valence-electron chi connectivity index (χ4n) is 2.09. The number of benzene rings is 2. The maximum absolute atomic E-state index is 12.1. The summed E-state index contributed by atoms with van der Waals surface area (Å²) in [6.07, 6.45) is 0. The van der Waals surface area contributed by atoms with Gasteiger partial charge in [0.1, 0.15) is 0 Å². The van der Waals surface area contributed by atoms with Crippen molar-refractivity contribution in [3.63, 3.8) is 0 Å². The van der Waals surface area contributed by atoms with Gasteiger partial charge in [-0.05, 0) is 55.8 Å². The SMILES string of the molecule is CCOc1ccc(CNC(=O)c2ccc(Cl)cc2)cc1OCC. The Kier molecular flexibility index (Phi) is 6.29. The van der Waals surface area contributed by atoms with Crippen LogP contribution in [-0.2, 0) is 6.54 Å². The van der Waals surface area contributed by atoms with Gasteiger partial charge in [-0.2, -0.15) is 0 Å². The van der Waals surface area contributed by atoms with Gasteiger partial charge in [-0.3, -0.25) is 4.79 Å². The van der Waals surface area contributed by atoms with Crippen LogP contribution in [-0.4, -0.2) is 19.1 Å². The van der Waals surface area contributed by atoms with E-state index < -0.39 is 0 Å². The van der Waals surface area contributed by atoms with Crippen molar-refractivity contribution in [2.75, 3.05) is 13.2 Å². The normalized spacial score (nSPS) is 10.2. The zero-order chi connectivity index (χ0) is 16.7. The van der Waals surface area contributed by atoms with E-state index in [2.05, 4.69) is 5.32 Å². The highest BCUT2D eigenvalue weighted by Crippen LogP contribution is 2.28. The maximum atomic E-state index is 12.1. The van der Waals surface area contributed by atoms with Crippen molar-refractivity contribution >= 4 is 17.5 Å². The highest BCUT2D eigenvalue weighted by molar-refractivity contribution is 6.30. The van der Waals surface area contributed by atoms with E-state index >= 15 is 0 Å². The van der Waals surface area contributed by atoms with Gasteiger partial charge in [0.15, 0.2) is 11.5 Å². The Labute approximate surface area is 141 Å².